The fourth-order valence-corrected chi connectivity index (χ4v) is 7.01. The number of carbonyl (C=O) groups is 2. The second-order valence-corrected chi connectivity index (χ2v) is 13.3. The van der Waals surface area contributed by atoms with Crippen molar-refractivity contribution in [1.82, 2.24) is 0 Å². The van der Waals surface area contributed by atoms with Crippen molar-refractivity contribution in [2.45, 2.75) is 97.5 Å². The summed E-state index contributed by atoms with van der Waals surface area (Å²) in [5.74, 6) is -0.359. The van der Waals surface area contributed by atoms with Crippen LogP contribution in [0.25, 0.3) is 0 Å². The van der Waals surface area contributed by atoms with Gasteiger partial charge in [0.2, 0.25) is 0 Å². The number of rotatable bonds is 7. The highest BCUT2D eigenvalue weighted by Crippen LogP contribution is 2.66. The zero-order chi connectivity index (χ0) is 28.2. The van der Waals surface area contributed by atoms with Crippen LogP contribution in [0.1, 0.15) is 87.4 Å². The van der Waals surface area contributed by atoms with Crippen LogP contribution in [0.4, 0.5) is 0 Å². The average Bonchev–Trinajstić information content (AvgIpc) is 3.21. The lowest BCUT2D eigenvalue weighted by molar-refractivity contribution is -0.199. The second-order valence-electron chi connectivity index (χ2n) is 13.3. The Hall–Kier alpha value is -2.64. The number of hydrogen-bond donors (Lipinski definition) is 0. The maximum Gasteiger partial charge on any atom is 0.458 e. The lowest BCUT2D eigenvalue weighted by Crippen LogP contribution is -2.65. The molecule has 2 aromatic rings. The maximum absolute atomic E-state index is 13.7. The first-order valence-electron chi connectivity index (χ1n) is 14.2. The van der Waals surface area contributed by atoms with Crippen LogP contribution in [0.3, 0.4) is 0 Å². The van der Waals surface area contributed by atoms with Crippen LogP contribution in [-0.4, -0.2) is 36.4 Å². The van der Waals surface area contributed by atoms with Crippen molar-refractivity contribution in [3.05, 3.63) is 70.8 Å². The van der Waals surface area contributed by atoms with Gasteiger partial charge in [0.05, 0.1) is 23.2 Å². The summed E-state index contributed by atoms with van der Waals surface area (Å²) in [6.07, 6.45) is 2.48. The van der Waals surface area contributed by atoms with Gasteiger partial charge >= 0.3 is 19.1 Å². The highest BCUT2D eigenvalue weighted by Gasteiger charge is 2.67. The van der Waals surface area contributed by atoms with E-state index in [0.717, 1.165) is 24.0 Å². The minimum absolute atomic E-state index is 0.0226. The number of benzene rings is 2. The van der Waals surface area contributed by atoms with E-state index >= 15 is 0 Å². The van der Waals surface area contributed by atoms with E-state index in [-0.39, 0.29) is 29.7 Å². The SMILES string of the molecule is Cc1c(C(=O)OC(C)(C)C)cccc1C(CB1OC2C[C@@H]3C[C@@H](C3(C)C)[C@]2(C)O1)C(=O)OCc1ccccc1. The molecule has 2 aromatic carbocycles. The van der Waals surface area contributed by atoms with Gasteiger partial charge in [-0.25, -0.2) is 4.79 Å². The molecule has 0 aromatic heterocycles. The molecule has 6 nitrogen and oxygen atoms in total. The Morgan fingerprint density at radius 3 is 2.44 bits per heavy atom. The lowest BCUT2D eigenvalue weighted by atomic mass is 9.43. The third-order valence-electron chi connectivity index (χ3n) is 9.31. The molecule has 7 heteroatoms. The van der Waals surface area contributed by atoms with Crippen molar-refractivity contribution < 1.29 is 28.4 Å². The smallest absolute Gasteiger partial charge is 0.458 e. The van der Waals surface area contributed by atoms with Gasteiger partial charge in [0, 0.05) is 0 Å². The van der Waals surface area contributed by atoms with E-state index in [4.69, 9.17) is 18.8 Å². The van der Waals surface area contributed by atoms with Gasteiger partial charge in [-0.15, -0.1) is 0 Å². The zero-order valence-electron chi connectivity index (χ0n) is 24.3. The molecule has 3 aliphatic carbocycles. The molecule has 0 radical (unpaired) electrons. The van der Waals surface area contributed by atoms with Crippen molar-refractivity contribution in [3.8, 4) is 0 Å². The molecule has 1 heterocycles. The van der Waals surface area contributed by atoms with Gasteiger partial charge in [0.15, 0.2) is 0 Å². The van der Waals surface area contributed by atoms with Gasteiger partial charge in [0.1, 0.15) is 12.2 Å². The molecular weight excluding hydrogens is 491 g/mol. The Balaban J connectivity index is 1.41. The minimum Gasteiger partial charge on any atom is -0.460 e. The Labute approximate surface area is 232 Å². The van der Waals surface area contributed by atoms with Crippen LogP contribution in [0.15, 0.2) is 48.5 Å². The van der Waals surface area contributed by atoms with Gasteiger partial charge in [-0.3, -0.25) is 4.79 Å². The quantitative estimate of drug-likeness (QED) is 0.299. The summed E-state index contributed by atoms with van der Waals surface area (Å²) in [5.41, 5.74) is 2.04. The van der Waals surface area contributed by atoms with Gasteiger partial charge in [-0.05, 0) is 93.8 Å². The Kier molecular flexibility index (Phi) is 7.22. The Bertz CT molecular complexity index is 1230. The predicted molar refractivity (Wildman–Crippen MR) is 150 cm³/mol. The highest BCUT2D eigenvalue weighted by molar-refractivity contribution is 6.46. The standard InChI is InChI=1S/C32H41BO6/c1-20-23(14-11-15-24(20)29(35)37-30(2,3)4)25(28(34)36-19-21-12-9-8-10-13-21)18-33-38-27-17-22-16-26(31(22,5)6)32(27,7)39-33/h8-15,22,25-27H,16-19H2,1-7H3/t22-,25?,26-,27?,32-/m0/s1. The summed E-state index contributed by atoms with van der Waals surface area (Å²) in [7, 11) is -0.533. The third-order valence-corrected chi connectivity index (χ3v) is 9.31. The molecule has 0 amide bonds. The number of hydrogen-bond acceptors (Lipinski definition) is 6. The van der Waals surface area contributed by atoms with E-state index in [0.29, 0.717) is 29.3 Å². The van der Waals surface area contributed by atoms with Crippen molar-refractivity contribution in [1.29, 1.82) is 0 Å². The second kappa shape index (κ2) is 10.1. The molecule has 2 unspecified atom stereocenters. The van der Waals surface area contributed by atoms with Gasteiger partial charge in [-0.1, -0.05) is 56.3 Å². The molecule has 4 fully saturated rings. The van der Waals surface area contributed by atoms with E-state index in [2.05, 4.69) is 20.8 Å². The number of esters is 2. The highest BCUT2D eigenvalue weighted by atomic mass is 16.7. The minimum atomic E-state index is -0.659. The third kappa shape index (κ3) is 5.28. The Morgan fingerprint density at radius 1 is 1.05 bits per heavy atom. The van der Waals surface area contributed by atoms with E-state index in [1.165, 1.54) is 0 Å². The molecular formula is C32H41BO6. The number of ether oxygens (including phenoxy) is 2. The van der Waals surface area contributed by atoms with Crippen LogP contribution in [0.2, 0.25) is 6.32 Å². The van der Waals surface area contributed by atoms with Crippen molar-refractivity contribution in [2.75, 3.05) is 0 Å². The van der Waals surface area contributed by atoms with Crippen molar-refractivity contribution >= 4 is 19.1 Å². The summed E-state index contributed by atoms with van der Waals surface area (Å²) < 4.78 is 24.6. The van der Waals surface area contributed by atoms with Crippen LogP contribution >= 0.6 is 0 Å². The average molecular weight is 532 g/mol. The fourth-order valence-electron chi connectivity index (χ4n) is 7.01. The number of carbonyl (C=O) groups excluding carboxylic acids is 2. The molecule has 208 valence electrons. The first-order chi connectivity index (χ1) is 18.3. The predicted octanol–water partition coefficient (Wildman–Crippen LogP) is 6.51. The molecule has 3 saturated carbocycles. The molecule has 0 N–H and O–H groups in total. The monoisotopic (exact) mass is 532 g/mol. The molecule has 39 heavy (non-hydrogen) atoms. The Morgan fingerprint density at radius 2 is 1.77 bits per heavy atom. The van der Waals surface area contributed by atoms with Crippen molar-refractivity contribution in [3.63, 3.8) is 0 Å². The molecule has 6 rings (SSSR count). The van der Waals surface area contributed by atoms with Crippen LogP contribution < -0.4 is 0 Å². The molecule has 1 saturated heterocycles. The molecule has 1 aliphatic heterocycles. The topological polar surface area (TPSA) is 71.1 Å². The lowest BCUT2D eigenvalue weighted by Gasteiger charge is -2.64. The fraction of sp³-hybridized carbons (Fsp3) is 0.562. The van der Waals surface area contributed by atoms with Gasteiger partial charge < -0.3 is 18.8 Å². The summed E-state index contributed by atoms with van der Waals surface area (Å²) in [4.78, 5) is 26.7. The van der Waals surface area contributed by atoms with E-state index in [1.54, 1.807) is 12.1 Å². The normalized spacial score (nSPS) is 27.8. The van der Waals surface area contributed by atoms with Crippen LogP contribution in [0, 0.1) is 24.2 Å². The first kappa shape index (κ1) is 27.9. The van der Waals surface area contributed by atoms with E-state index in [9.17, 15) is 9.59 Å². The molecule has 2 bridgehead atoms. The molecule has 5 atom stereocenters. The van der Waals surface area contributed by atoms with Gasteiger partial charge in [-0.2, -0.15) is 0 Å². The zero-order valence-corrected chi connectivity index (χ0v) is 24.3. The van der Waals surface area contributed by atoms with E-state index < -0.39 is 24.6 Å². The molecule has 4 aliphatic rings. The first-order valence-corrected chi connectivity index (χ1v) is 14.2. The maximum atomic E-state index is 13.7. The summed E-state index contributed by atoms with van der Waals surface area (Å²) in [6.45, 7) is 14.4. The van der Waals surface area contributed by atoms with Gasteiger partial charge in [0.25, 0.3) is 0 Å². The summed E-state index contributed by atoms with van der Waals surface area (Å²) in [6, 6.07) is 15.1. The van der Waals surface area contributed by atoms with Crippen LogP contribution in [0.5, 0.6) is 0 Å². The molecule has 0 spiro atoms. The van der Waals surface area contributed by atoms with Crippen LogP contribution in [-0.2, 0) is 30.2 Å². The largest absolute Gasteiger partial charge is 0.460 e. The van der Waals surface area contributed by atoms with Crippen molar-refractivity contribution in [2.24, 2.45) is 17.3 Å². The summed E-state index contributed by atoms with van der Waals surface area (Å²) >= 11 is 0. The summed E-state index contributed by atoms with van der Waals surface area (Å²) in [5, 5.41) is 0. The van der Waals surface area contributed by atoms with E-state index in [1.807, 2.05) is 64.1 Å².